The standard InChI is InChI=1S/C7H16N2O4/c1-3-12-7(11,13-4-2)6(8)9-5-10/h5-6,11H,3-4,8H2,1-2H3,(H,9,10). The predicted octanol–water partition coefficient (Wildman–Crippen LogP) is -1.26. The van der Waals surface area contributed by atoms with Crippen molar-refractivity contribution in [1.29, 1.82) is 0 Å². The van der Waals surface area contributed by atoms with Crippen LogP contribution in [0.25, 0.3) is 0 Å². The zero-order valence-electron chi connectivity index (χ0n) is 7.82. The fraction of sp³-hybridized carbons (Fsp3) is 0.857. The molecule has 1 amide bonds. The number of nitrogens with two attached hydrogens (primary N) is 1. The Kier molecular flexibility index (Phi) is 5.56. The molecular formula is C7H16N2O4. The van der Waals surface area contributed by atoms with Gasteiger partial charge in [0, 0.05) is 13.2 Å². The van der Waals surface area contributed by atoms with E-state index in [0.29, 0.717) is 6.41 Å². The fourth-order valence-electron chi connectivity index (χ4n) is 0.813. The number of rotatable bonds is 7. The molecule has 0 rings (SSSR count). The number of carbonyl (C=O) groups is 1. The lowest BCUT2D eigenvalue weighted by Crippen LogP contribution is -2.59. The van der Waals surface area contributed by atoms with Crippen molar-refractivity contribution in [2.45, 2.75) is 26.0 Å². The van der Waals surface area contributed by atoms with Crippen molar-refractivity contribution >= 4 is 6.41 Å². The van der Waals surface area contributed by atoms with Gasteiger partial charge in [0.25, 0.3) is 0 Å². The van der Waals surface area contributed by atoms with E-state index in [0.717, 1.165) is 0 Å². The Morgan fingerprint density at radius 1 is 1.54 bits per heavy atom. The second-order valence-electron chi connectivity index (χ2n) is 2.26. The van der Waals surface area contributed by atoms with Crippen molar-refractivity contribution in [3.8, 4) is 0 Å². The van der Waals surface area contributed by atoms with Crippen molar-refractivity contribution in [2.24, 2.45) is 5.73 Å². The zero-order valence-corrected chi connectivity index (χ0v) is 7.82. The normalized spacial score (nSPS) is 13.8. The molecule has 0 fully saturated rings. The number of ether oxygens (including phenoxy) is 2. The Labute approximate surface area is 77.0 Å². The second kappa shape index (κ2) is 5.87. The molecule has 78 valence electrons. The van der Waals surface area contributed by atoms with E-state index in [4.69, 9.17) is 15.2 Å². The van der Waals surface area contributed by atoms with Gasteiger partial charge in [-0.2, -0.15) is 0 Å². The molecule has 0 aromatic heterocycles. The summed E-state index contributed by atoms with van der Waals surface area (Å²) < 4.78 is 9.74. The lowest BCUT2D eigenvalue weighted by atomic mass is 10.4. The highest BCUT2D eigenvalue weighted by atomic mass is 16.8. The minimum atomic E-state index is -1.95. The molecule has 1 unspecified atom stereocenters. The average Bonchev–Trinajstić information content (AvgIpc) is 2.05. The molecule has 0 spiro atoms. The van der Waals surface area contributed by atoms with Gasteiger partial charge in [0.05, 0.1) is 0 Å². The monoisotopic (exact) mass is 192 g/mol. The number of carbonyl (C=O) groups excluding carboxylic acids is 1. The summed E-state index contributed by atoms with van der Waals surface area (Å²) in [5, 5.41) is 11.8. The van der Waals surface area contributed by atoms with Gasteiger partial charge in [-0.1, -0.05) is 0 Å². The highest BCUT2D eigenvalue weighted by Crippen LogP contribution is 2.10. The molecule has 0 aromatic rings. The minimum Gasteiger partial charge on any atom is -0.341 e. The summed E-state index contributed by atoms with van der Waals surface area (Å²) in [6.07, 6.45) is -0.738. The summed E-state index contributed by atoms with van der Waals surface area (Å²) >= 11 is 0. The SMILES string of the molecule is CCOC(O)(OCC)C(N)NC=O. The largest absolute Gasteiger partial charge is 0.341 e. The van der Waals surface area contributed by atoms with Crippen LogP contribution in [-0.2, 0) is 14.3 Å². The Balaban J connectivity index is 4.26. The maximum atomic E-state index is 10.1. The van der Waals surface area contributed by atoms with Crippen LogP contribution in [0.5, 0.6) is 0 Å². The molecule has 0 aliphatic heterocycles. The number of hydrogen-bond donors (Lipinski definition) is 3. The molecule has 0 saturated carbocycles. The topological polar surface area (TPSA) is 93.8 Å². The molecule has 4 N–H and O–H groups in total. The third kappa shape index (κ3) is 3.69. The predicted molar refractivity (Wildman–Crippen MR) is 45.4 cm³/mol. The van der Waals surface area contributed by atoms with E-state index in [1.807, 2.05) is 0 Å². The van der Waals surface area contributed by atoms with Crippen molar-refractivity contribution in [3.05, 3.63) is 0 Å². The fourth-order valence-corrected chi connectivity index (χ4v) is 0.813. The number of hydrogen-bond acceptors (Lipinski definition) is 5. The maximum Gasteiger partial charge on any atom is 0.316 e. The van der Waals surface area contributed by atoms with Crippen molar-refractivity contribution in [3.63, 3.8) is 0 Å². The van der Waals surface area contributed by atoms with E-state index in [9.17, 15) is 9.90 Å². The van der Waals surface area contributed by atoms with E-state index in [1.54, 1.807) is 13.8 Å². The Morgan fingerprint density at radius 2 is 2.00 bits per heavy atom. The third-order valence-electron chi connectivity index (χ3n) is 1.34. The van der Waals surface area contributed by atoms with Crippen LogP contribution in [0.2, 0.25) is 0 Å². The summed E-state index contributed by atoms with van der Waals surface area (Å²) in [6, 6.07) is 0. The van der Waals surface area contributed by atoms with Gasteiger partial charge in [0.2, 0.25) is 6.41 Å². The van der Waals surface area contributed by atoms with Crippen LogP contribution in [-0.4, -0.2) is 36.9 Å². The first kappa shape index (κ1) is 12.3. The van der Waals surface area contributed by atoms with Crippen molar-refractivity contribution < 1.29 is 19.4 Å². The lowest BCUT2D eigenvalue weighted by molar-refractivity contribution is -0.369. The van der Waals surface area contributed by atoms with Gasteiger partial charge in [0.1, 0.15) is 0 Å². The minimum absolute atomic E-state index is 0.227. The molecule has 0 saturated heterocycles. The first-order valence-electron chi connectivity index (χ1n) is 4.06. The third-order valence-corrected chi connectivity index (χ3v) is 1.34. The molecule has 6 heteroatoms. The van der Waals surface area contributed by atoms with E-state index in [-0.39, 0.29) is 13.2 Å². The van der Waals surface area contributed by atoms with Gasteiger partial charge >= 0.3 is 5.97 Å². The molecular weight excluding hydrogens is 176 g/mol. The molecule has 0 bridgehead atoms. The molecule has 0 aliphatic carbocycles. The Hall–Kier alpha value is -0.690. The molecule has 6 nitrogen and oxygen atoms in total. The molecule has 1 atom stereocenters. The molecule has 13 heavy (non-hydrogen) atoms. The van der Waals surface area contributed by atoms with E-state index >= 15 is 0 Å². The maximum absolute atomic E-state index is 10.1. The number of aliphatic hydroxyl groups is 1. The molecule has 0 heterocycles. The van der Waals surface area contributed by atoms with Gasteiger partial charge in [-0.25, -0.2) is 0 Å². The quantitative estimate of drug-likeness (QED) is 0.345. The van der Waals surface area contributed by atoms with E-state index < -0.39 is 12.1 Å². The summed E-state index contributed by atoms with van der Waals surface area (Å²) in [5.41, 5.74) is 5.39. The average molecular weight is 192 g/mol. The zero-order chi connectivity index (χ0) is 10.3. The second-order valence-corrected chi connectivity index (χ2v) is 2.26. The smallest absolute Gasteiger partial charge is 0.316 e. The summed E-state index contributed by atoms with van der Waals surface area (Å²) in [7, 11) is 0. The number of nitrogens with one attached hydrogen (secondary N) is 1. The van der Waals surface area contributed by atoms with Gasteiger partial charge < -0.3 is 25.6 Å². The van der Waals surface area contributed by atoms with Crippen LogP contribution >= 0.6 is 0 Å². The van der Waals surface area contributed by atoms with Crippen LogP contribution in [0, 0.1) is 0 Å². The van der Waals surface area contributed by atoms with Crippen LogP contribution in [0.1, 0.15) is 13.8 Å². The first-order chi connectivity index (χ1) is 6.10. The summed E-state index contributed by atoms with van der Waals surface area (Å²) in [5.74, 6) is -1.95. The lowest BCUT2D eigenvalue weighted by Gasteiger charge is -2.31. The molecule has 0 aliphatic rings. The van der Waals surface area contributed by atoms with Gasteiger partial charge in [-0.15, -0.1) is 0 Å². The van der Waals surface area contributed by atoms with Gasteiger partial charge in [-0.05, 0) is 13.8 Å². The van der Waals surface area contributed by atoms with E-state index in [2.05, 4.69) is 5.32 Å². The highest BCUT2D eigenvalue weighted by molar-refractivity contribution is 5.46. The molecule has 0 radical (unpaired) electrons. The highest BCUT2D eigenvalue weighted by Gasteiger charge is 2.36. The Morgan fingerprint density at radius 3 is 2.31 bits per heavy atom. The summed E-state index contributed by atoms with van der Waals surface area (Å²) in [4.78, 5) is 10.1. The van der Waals surface area contributed by atoms with Crippen LogP contribution in [0.4, 0.5) is 0 Å². The molecule has 0 aromatic carbocycles. The van der Waals surface area contributed by atoms with E-state index in [1.165, 1.54) is 0 Å². The van der Waals surface area contributed by atoms with Crippen molar-refractivity contribution in [2.75, 3.05) is 13.2 Å². The Bertz CT molecular complexity index is 147. The number of amides is 1. The van der Waals surface area contributed by atoms with Gasteiger partial charge in [-0.3, -0.25) is 4.79 Å². The van der Waals surface area contributed by atoms with Crippen LogP contribution < -0.4 is 11.1 Å². The van der Waals surface area contributed by atoms with Crippen LogP contribution in [0.3, 0.4) is 0 Å². The van der Waals surface area contributed by atoms with Crippen LogP contribution in [0.15, 0.2) is 0 Å². The van der Waals surface area contributed by atoms with Gasteiger partial charge in [0.15, 0.2) is 6.17 Å². The summed E-state index contributed by atoms with van der Waals surface area (Å²) in [6.45, 7) is 3.81. The van der Waals surface area contributed by atoms with Crippen molar-refractivity contribution in [1.82, 2.24) is 5.32 Å². The first-order valence-corrected chi connectivity index (χ1v) is 4.06.